The third-order valence-corrected chi connectivity index (χ3v) is 6.18. The normalized spacial score (nSPS) is 14.1. The van der Waals surface area contributed by atoms with Gasteiger partial charge in [-0.1, -0.05) is 36.1 Å². The molecule has 0 aliphatic carbocycles. The van der Waals surface area contributed by atoms with Gasteiger partial charge in [-0.2, -0.15) is 0 Å². The summed E-state index contributed by atoms with van der Waals surface area (Å²) >= 11 is 0. The molecule has 8 nitrogen and oxygen atoms in total. The first-order valence-corrected chi connectivity index (χ1v) is 12.8. The predicted molar refractivity (Wildman–Crippen MR) is 144 cm³/mol. The fraction of sp³-hybridized carbons (Fsp3) is 0.414. The molecule has 194 valence electrons. The SMILES string of the molecule is CC(C)(C)OC(=O)N1CCC(n2cc(C#CCCNC(=O)NCc3cccnc3)c3ccccc32)CC1. The number of benzene rings is 1. The molecular weight excluding hydrogens is 466 g/mol. The van der Waals surface area contributed by atoms with Crippen molar-refractivity contribution in [2.45, 2.75) is 58.2 Å². The number of pyridine rings is 1. The number of carbonyl (C=O) groups excluding carboxylic acids is 2. The first-order chi connectivity index (χ1) is 17.8. The number of hydrogen-bond donors (Lipinski definition) is 2. The molecular formula is C29H35N5O3. The first-order valence-electron chi connectivity index (χ1n) is 12.8. The number of ether oxygens (including phenoxy) is 1. The summed E-state index contributed by atoms with van der Waals surface area (Å²) in [5.74, 6) is 6.49. The van der Waals surface area contributed by atoms with Crippen molar-refractivity contribution in [2.24, 2.45) is 0 Å². The van der Waals surface area contributed by atoms with E-state index >= 15 is 0 Å². The van der Waals surface area contributed by atoms with Crippen molar-refractivity contribution in [1.29, 1.82) is 0 Å². The summed E-state index contributed by atoms with van der Waals surface area (Å²) < 4.78 is 7.84. The van der Waals surface area contributed by atoms with E-state index < -0.39 is 5.60 Å². The van der Waals surface area contributed by atoms with E-state index in [2.05, 4.69) is 50.4 Å². The maximum atomic E-state index is 12.4. The number of nitrogens with zero attached hydrogens (tertiary/aromatic N) is 3. The highest BCUT2D eigenvalue weighted by atomic mass is 16.6. The number of fused-ring (bicyclic) bond motifs is 1. The van der Waals surface area contributed by atoms with Gasteiger partial charge in [-0.05, 0) is 51.3 Å². The first kappa shape index (κ1) is 26.1. The summed E-state index contributed by atoms with van der Waals surface area (Å²) in [6, 6.07) is 12.1. The highest BCUT2D eigenvalue weighted by Crippen LogP contribution is 2.30. The van der Waals surface area contributed by atoms with Crippen LogP contribution in [0.3, 0.4) is 0 Å². The van der Waals surface area contributed by atoms with E-state index in [4.69, 9.17) is 4.74 Å². The van der Waals surface area contributed by atoms with E-state index in [-0.39, 0.29) is 12.1 Å². The molecule has 1 fully saturated rings. The molecule has 4 rings (SSSR count). The van der Waals surface area contributed by atoms with E-state index in [0.717, 1.165) is 34.9 Å². The van der Waals surface area contributed by atoms with Gasteiger partial charge in [-0.3, -0.25) is 4.98 Å². The molecule has 0 bridgehead atoms. The second-order valence-electron chi connectivity index (χ2n) is 10.2. The standard InChI is InChI=1S/C29H35N5O3/c1-29(2,3)37-28(36)33-17-13-24(14-18-33)34-21-23(25-11-4-5-12-26(25)34)10-6-7-16-31-27(35)32-20-22-9-8-15-30-19-22/h4-5,8-9,11-12,15,19,21,24H,7,13-14,16-18,20H2,1-3H3,(H2,31,32,35). The van der Waals surface area contributed by atoms with E-state index in [1.807, 2.05) is 45.0 Å². The summed E-state index contributed by atoms with van der Waals surface area (Å²) in [6.45, 7) is 7.90. The van der Waals surface area contributed by atoms with Crippen molar-refractivity contribution in [3.63, 3.8) is 0 Å². The predicted octanol–water partition coefficient (Wildman–Crippen LogP) is 4.85. The Hall–Kier alpha value is -3.99. The molecule has 2 aromatic heterocycles. The van der Waals surface area contributed by atoms with Crippen LogP contribution >= 0.6 is 0 Å². The monoisotopic (exact) mass is 501 g/mol. The van der Waals surface area contributed by atoms with Crippen molar-refractivity contribution in [3.8, 4) is 11.8 Å². The van der Waals surface area contributed by atoms with Crippen molar-refractivity contribution in [2.75, 3.05) is 19.6 Å². The van der Waals surface area contributed by atoms with Crippen LogP contribution in [0.1, 0.15) is 57.2 Å². The Balaban J connectivity index is 1.32. The van der Waals surface area contributed by atoms with Gasteiger partial charge in [0.2, 0.25) is 0 Å². The van der Waals surface area contributed by atoms with Crippen LogP contribution in [0.15, 0.2) is 55.0 Å². The van der Waals surface area contributed by atoms with Crippen LogP contribution in [0.4, 0.5) is 9.59 Å². The topological polar surface area (TPSA) is 88.5 Å². The van der Waals surface area contributed by atoms with Crippen molar-refractivity contribution in [3.05, 3.63) is 66.1 Å². The van der Waals surface area contributed by atoms with Gasteiger partial charge in [-0.25, -0.2) is 9.59 Å². The molecule has 3 heterocycles. The Morgan fingerprint density at radius 2 is 1.89 bits per heavy atom. The average molecular weight is 502 g/mol. The molecule has 37 heavy (non-hydrogen) atoms. The highest BCUT2D eigenvalue weighted by Gasteiger charge is 2.28. The molecule has 0 unspecified atom stereocenters. The van der Waals surface area contributed by atoms with E-state index in [9.17, 15) is 9.59 Å². The largest absolute Gasteiger partial charge is 0.444 e. The second kappa shape index (κ2) is 11.8. The number of likely N-dealkylation sites (tertiary alicyclic amines) is 1. The summed E-state index contributed by atoms with van der Waals surface area (Å²) in [6.07, 6.45) is 7.59. The van der Waals surface area contributed by atoms with Gasteiger partial charge < -0.3 is 24.8 Å². The molecule has 0 saturated carbocycles. The average Bonchev–Trinajstić information content (AvgIpc) is 3.25. The van der Waals surface area contributed by atoms with Crippen LogP contribution in [0.2, 0.25) is 0 Å². The highest BCUT2D eigenvalue weighted by molar-refractivity contribution is 5.87. The molecule has 8 heteroatoms. The lowest BCUT2D eigenvalue weighted by Crippen LogP contribution is -2.42. The van der Waals surface area contributed by atoms with Gasteiger partial charge in [-0.15, -0.1) is 0 Å². The third kappa shape index (κ3) is 7.26. The van der Waals surface area contributed by atoms with Gasteiger partial charge >= 0.3 is 12.1 Å². The number of hydrogen-bond acceptors (Lipinski definition) is 4. The zero-order valence-electron chi connectivity index (χ0n) is 21.8. The fourth-order valence-corrected chi connectivity index (χ4v) is 4.40. The number of para-hydroxylation sites is 1. The van der Waals surface area contributed by atoms with E-state index in [0.29, 0.717) is 38.6 Å². The number of aromatic nitrogens is 2. The van der Waals surface area contributed by atoms with Crippen molar-refractivity contribution >= 4 is 23.0 Å². The minimum Gasteiger partial charge on any atom is -0.444 e. The van der Waals surface area contributed by atoms with Crippen LogP contribution in [0.5, 0.6) is 0 Å². The summed E-state index contributed by atoms with van der Waals surface area (Å²) in [7, 11) is 0. The Labute approximate surface area is 218 Å². The number of rotatable bonds is 5. The molecule has 1 aliphatic heterocycles. The lowest BCUT2D eigenvalue weighted by molar-refractivity contribution is 0.0189. The molecule has 3 amide bonds. The summed E-state index contributed by atoms with van der Waals surface area (Å²) in [4.78, 5) is 30.3. The van der Waals surface area contributed by atoms with E-state index in [1.165, 1.54) is 0 Å². The zero-order valence-corrected chi connectivity index (χ0v) is 21.8. The number of piperidine rings is 1. The molecule has 1 aliphatic rings. The lowest BCUT2D eigenvalue weighted by Gasteiger charge is -2.34. The maximum absolute atomic E-state index is 12.4. The number of urea groups is 1. The van der Waals surface area contributed by atoms with Crippen molar-refractivity contribution < 1.29 is 14.3 Å². The van der Waals surface area contributed by atoms with Gasteiger partial charge in [0, 0.05) is 68.1 Å². The Morgan fingerprint density at radius 1 is 1.11 bits per heavy atom. The molecule has 0 spiro atoms. The second-order valence-corrected chi connectivity index (χ2v) is 10.2. The van der Waals surface area contributed by atoms with Gasteiger partial charge in [0.25, 0.3) is 0 Å². The number of carbonyl (C=O) groups is 2. The molecule has 0 radical (unpaired) electrons. The number of amides is 3. The molecule has 3 aromatic rings. The molecule has 0 atom stereocenters. The third-order valence-electron chi connectivity index (χ3n) is 6.18. The van der Waals surface area contributed by atoms with Gasteiger partial charge in [0.05, 0.1) is 5.56 Å². The molecule has 1 saturated heterocycles. The smallest absolute Gasteiger partial charge is 0.410 e. The van der Waals surface area contributed by atoms with Gasteiger partial charge in [0.1, 0.15) is 5.60 Å². The minimum atomic E-state index is -0.489. The summed E-state index contributed by atoms with van der Waals surface area (Å²) in [5, 5.41) is 6.78. The van der Waals surface area contributed by atoms with Crippen LogP contribution in [0.25, 0.3) is 10.9 Å². The summed E-state index contributed by atoms with van der Waals surface area (Å²) in [5.41, 5.74) is 2.59. The quantitative estimate of drug-likeness (QED) is 0.386. The van der Waals surface area contributed by atoms with Crippen LogP contribution in [-0.4, -0.2) is 51.8 Å². The molecule has 1 aromatic carbocycles. The maximum Gasteiger partial charge on any atom is 0.410 e. The zero-order chi connectivity index (χ0) is 26.3. The van der Waals surface area contributed by atoms with Crippen molar-refractivity contribution in [1.82, 2.24) is 25.1 Å². The van der Waals surface area contributed by atoms with Gasteiger partial charge in [0.15, 0.2) is 0 Å². The Kier molecular flexibility index (Phi) is 8.34. The molecule has 2 N–H and O–H groups in total. The fourth-order valence-electron chi connectivity index (χ4n) is 4.40. The lowest BCUT2D eigenvalue weighted by atomic mass is 10.0. The van der Waals surface area contributed by atoms with Crippen LogP contribution in [0, 0.1) is 11.8 Å². The Morgan fingerprint density at radius 3 is 2.62 bits per heavy atom. The number of nitrogens with one attached hydrogen (secondary N) is 2. The van der Waals surface area contributed by atoms with Crippen LogP contribution in [-0.2, 0) is 11.3 Å². The van der Waals surface area contributed by atoms with E-state index in [1.54, 1.807) is 17.3 Å². The van der Waals surface area contributed by atoms with Crippen LogP contribution < -0.4 is 10.6 Å². The minimum absolute atomic E-state index is 0.222. The Bertz CT molecular complexity index is 1280.